The fourth-order valence-electron chi connectivity index (χ4n) is 1.99. The molecule has 1 unspecified atom stereocenters. The minimum Gasteiger partial charge on any atom is -0.337 e. The molecule has 1 saturated heterocycles. The van der Waals surface area contributed by atoms with Gasteiger partial charge in [0.2, 0.25) is 0 Å². The van der Waals surface area contributed by atoms with Crippen LogP contribution in [0.1, 0.15) is 23.7 Å². The van der Waals surface area contributed by atoms with E-state index in [2.05, 4.69) is 6.92 Å². The molecule has 0 bridgehead atoms. The summed E-state index contributed by atoms with van der Waals surface area (Å²) in [5, 5.41) is 0.388. The molecule has 1 aliphatic heterocycles. The Hall–Kier alpha value is -1.10. The van der Waals surface area contributed by atoms with Gasteiger partial charge >= 0.3 is 0 Å². The lowest BCUT2D eigenvalue weighted by Gasteiger charge is -2.32. The molecule has 0 saturated carbocycles. The second-order valence-corrected chi connectivity index (χ2v) is 5.66. The van der Waals surface area contributed by atoms with Gasteiger partial charge in [-0.25, -0.2) is 8.78 Å². The summed E-state index contributed by atoms with van der Waals surface area (Å²) in [5.41, 5.74) is -0.170. The van der Waals surface area contributed by atoms with Crippen LogP contribution in [0.15, 0.2) is 18.2 Å². The van der Waals surface area contributed by atoms with Gasteiger partial charge in [-0.1, -0.05) is 13.0 Å². The van der Waals surface area contributed by atoms with E-state index in [4.69, 9.17) is 0 Å². The molecule has 2 nitrogen and oxygen atoms in total. The molecule has 1 aliphatic rings. The first-order valence-corrected chi connectivity index (χ1v) is 7.03. The Morgan fingerprint density at radius 2 is 2.28 bits per heavy atom. The lowest BCUT2D eigenvalue weighted by molar-refractivity contribution is 0.0755. The summed E-state index contributed by atoms with van der Waals surface area (Å²) in [6.45, 7) is 3.26. The number of thioether (sulfide) groups is 1. The SMILES string of the molecule is CCC1CN(C(=O)c2cccc(F)c2F)CCS1. The lowest BCUT2D eigenvalue weighted by Crippen LogP contribution is -2.42. The minimum absolute atomic E-state index is 0.170. The van der Waals surface area contributed by atoms with Crippen LogP contribution in [0.3, 0.4) is 0 Å². The first kappa shape index (κ1) is 13.3. The van der Waals surface area contributed by atoms with Crippen molar-refractivity contribution >= 4 is 17.7 Å². The molecule has 2 rings (SSSR count). The van der Waals surface area contributed by atoms with Crippen molar-refractivity contribution in [2.24, 2.45) is 0 Å². The van der Waals surface area contributed by atoms with Crippen LogP contribution in [0.25, 0.3) is 0 Å². The van der Waals surface area contributed by atoms with Crippen LogP contribution in [-0.2, 0) is 0 Å². The van der Waals surface area contributed by atoms with Gasteiger partial charge in [-0.2, -0.15) is 11.8 Å². The molecular formula is C13H15F2NOS. The zero-order chi connectivity index (χ0) is 13.1. The largest absolute Gasteiger partial charge is 0.337 e. The summed E-state index contributed by atoms with van der Waals surface area (Å²) in [6, 6.07) is 3.72. The maximum absolute atomic E-state index is 13.6. The van der Waals surface area contributed by atoms with Gasteiger partial charge in [0.05, 0.1) is 5.56 Å². The molecule has 5 heteroatoms. The number of nitrogens with zero attached hydrogens (tertiary/aromatic N) is 1. The third-order valence-corrected chi connectivity index (χ3v) is 4.44. The number of carbonyl (C=O) groups excluding carboxylic acids is 1. The Morgan fingerprint density at radius 1 is 1.50 bits per heavy atom. The Morgan fingerprint density at radius 3 is 3.00 bits per heavy atom. The summed E-state index contributed by atoms with van der Waals surface area (Å²) in [4.78, 5) is 13.8. The number of amides is 1. The van der Waals surface area contributed by atoms with Gasteiger partial charge in [-0.15, -0.1) is 0 Å². The maximum atomic E-state index is 13.6. The van der Waals surface area contributed by atoms with Crippen molar-refractivity contribution in [3.05, 3.63) is 35.4 Å². The maximum Gasteiger partial charge on any atom is 0.257 e. The Balaban J connectivity index is 2.18. The fourth-order valence-corrected chi connectivity index (χ4v) is 3.17. The van der Waals surface area contributed by atoms with E-state index in [-0.39, 0.29) is 5.56 Å². The van der Waals surface area contributed by atoms with Gasteiger partial charge in [0.15, 0.2) is 11.6 Å². The molecule has 98 valence electrons. The second-order valence-electron chi connectivity index (χ2n) is 4.25. The normalized spacial score (nSPS) is 19.9. The molecule has 1 amide bonds. The number of halogens is 2. The first-order valence-electron chi connectivity index (χ1n) is 5.98. The number of hydrogen-bond acceptors (Lipinski definition) is 2. The Labute approximate surface area is 109 Å². The van der Waals surface area contributed by atoms with Crippen LogP contribution in [-0.4, -0.2) is 34.9 Å². The molecule has 0 N–H and O–H groups in total. The Kier molecular flexibility index (Phi) is 4.22. The van der Waals surface area contributed by atoms with E-state index in [0.717, 1.165) is 18.2 Å². The number of carbonyl (C=O) groups is 1. The van der Waals surface area contributed by atoms with E-state index in [1.54, 1.807) is 4.90 Å². The van der Waals surface area contributed by atoms with E-state index in [1.165, 1.54) is 12.1 Å². The number of hydrogen-bond donors (Lipinski definition) is 0. The van der Waals surface area contributed by atoms with E-state index < -0.39 is 17.5 Å². The molecule has 1 heterocycles. The summed E-state index contributed by atoms with van der Waals surface area (Å²) in [6.07, 6.45) is 0.972. The van der Waals surface area contributed by atoms with E-state index in [1.807, 2.05) is 11.8 Å². The average molecular weight is 271 g/mol. The molecule has 1 aromatic rings. The summed E-state index contributed by atoms with van der Waals surface area (Å²) >= 11 is 1.83. The monoisotopic (exact) mass is 271 g/mol. The molecule has 0 spiro atoms. The summed E-state index contributed by atoms with van der Waals surface area (Å²) in [5.74, 6) is -1.58. The number of benzene rings is 1. The predicted molar refractivity (Wildman–Crippen MR) is 68.8 cm³/mol. The van der Waals surface area contributed by atoms with Gasteiger partial charge in [-0.05, 0) is 18.6 Å². The topological polar surface area (TPSA) is 20.3 Å². The van der Waals surface area contributed by atoms with Crippen molar-refractivity contribution in [2.45, 2.75) is 18.6 Å². The third-order valence-electron chi connectivity index (χ3n) is 3.06. The summed E-state index contributed by atoms with van der Waals surface area (Å²) < 4.78 is 26.7. The van der Waals surface area contributed by atoms with Crippen LogP contribution in [0, 0.1) is 11.6 Å². The van der Waals surface area contributed by atoms with Crippen molar-refractivity contribution in [3.63, 3.8) is 0 Å². The van der Waals surface area contributed by atoms with Gasteiger partial charge in [0, 0.05) is 24.1 Å². The first-order chi connectivity index (χ1) is 8.63. The molecule has 1 aromatic carbocycles. The van der Waals surface area contributed by atoms with Gasteiger partial charge < -0.3 is 4.90 Å². The molecule has 0 aromatic heterocycles. The van der Waals surface area contributed by atoms with Crippen molar-refractivity contribution in [3.8, 4) is 0 Å². The molecule has 18 heavy (non-hydrogen) atoms. The molecule has 1 atom stereocenters. The number of rotatable bonds is 2. The van der Waals surface area contributed by atoms with Crippen molar-refractivity contribution in [1.82, 2.24) is 4.90 Å². The van der Waals surface area contributed by atoms with Crippen molar-refractivity contribution in [2.75, 3.05) is 18.8 Å². The third kappa shape index (κ3) is 2.66. The highest BCUT2D eigenvalue weighted by Gasteiger charge is 2.26. The Bertz CT molecular complexity index is 453. The average Bonchev–Trinajstić information content (AvgIpc) is 2.41. The van der Waals surface area contributed by atoms with Crippen LogP contribution < -0.4 is 0 Å². The van der Waals surface area contributed by atoms with Crippen LogP contribution in [0.2, 0.25) is 0 Å². The highest BCUT2D eigenvalue weighted by Crippen LogP contribution is 2.23. The summed E-state index contributed by atoms with van der Waals surface area (Å²) in [7, 11) is 0. The highest BCUT2D eigenvalue weighted by molar-refractivity contribution is 8.00. The molecular weight excluding hydrogens is 256 g/mol. The highest BCUT2D eigenvalue weighted by atomic mass is 32.2. The zero-order valence-corrected chi connectivity index (χ0v) is 11.0. The fraction of sp³-hybridized carbons (Fsp3) is 0.462. The minimum atomic E-state index is -1.05. The smallest absolute Gasteiger partial charge is 0.257 e. The van der Waals surface area contributed by atoms with Crippen molar-refractivity contribution < 1.29 is 13.6 Å². The lowest BCUT2D eigenvalue weighted by atomic mass is 10.1. The zero-order valence-electron chi connectivity index (χ0n) is 10.2. The van der Waals surface area contributed by atoms with E-state index >= 15 is 0 Å². The quantitative estimate of drug-likeness (QED) is 0.824. The standard InChI is InChI=1S/C13H15F2NOS/c1-2-9-8-16(6-7-18-9)13(17)10-4-3-5-11(14)12(10)15/h3-5,9H,2,6-8H2,1H3. The van der Waals surface area contributed by atoms with E-state index in [0.29, 0.717) is 18.3 Å². The molecule has 1 fully saturated rings. The van der Waals surface area contributed by atoms with Gasteiger partial charge in [-0.3, -0.25) is 4.79 Å². The van der Waals surface area contributed by atoms with Crippen LogP contribution in [0.5, 0.6) is 0 Å². The van der Waals surface area contributed by atoms with Gasteiger partial charge in [0.25, 0.3) is 5.91 Å². The van der Waals surface area contributed by atoms with Crippen LogP contribution >= 0.6 is 11.8 Å². The van der Waals surface area contributed by atoms with Gasteiger partial charge in [0.1, 0.15) is 0 Å². The van der Waals surface area contributed by atoms with Crippen molar-refractivity contribution in [1.29, 1.82) is 0 Å². The van der Waals surface area contributed by atoms with E-state index in [9.17, 15) is 13.6 Å². The second kappa shape index (κ2) is 5.69. The molecule has 0 aliphatic carbocycles. The van der Waals surface area contributed by atoms with Crippen LogP contribution in [0.4, 0.5) is 8.78 Å². The predicted octanol–water partition coefficient (Wildman–Crippen LogP) is 2.93. The molecule has 0 radical (unpaired) electrons.